The first-order valence-electron chi connectivity index (χ1n) is 9.48. The van der Waals surface area contributed by atoms with Crippen molar-refractivity contribution >= 4 is 24.0 Å². The zero-order chi connectivity index (χ0) is 17.9. The number of hydrogen-bond acceptors (Lipinski definition) is 4. The molecule has 0 aliphatic carbocycles. The highest BCUT2D eigenvalue weighted by molar-refractivity contribution is 5.96. The maximum absolute atomic E-state index is 13.3. The number of para-hydroxylation sites is 1. The van der Waals surface area contributed by atoms with Crippen LogP contribution in [0.2, 0.25) is 0 Å². The van der Waals surface area contributed by atoms with Crippen molar-refractivity contribution in [1.82, 2.24) is 15.2 Å². The minimum atomic E-state index is 0. The summed E-state index contributed by atoms with van der Waals surface area (Å²) >= 11 is 0. The lowest BCUT2D eigenvalue weighted by Crippen LogP contribution is -2.52. The standard InChI is InChI=1S/C21H26N4O.ClH/c1-16-8-9-17-5-2-3-7-19(17)25(16)21(26)15-24-12-11-23-14-20(24)18-6-4-10-22-13-18;/h2-7,10,13,16,20,23H,8-9,11-12,14-15H2,1H3;1H. The van der Waals surface area contributed by atoms with Crippen LogP contribution in [0.3, 0.4) is 0 Å². The predicted octanol–water partition coefficient (Wildman–Crippen LogP) is 2.82. The van der Waals surface area contributed by atoms with Crippen LogP contribution >= 0.6 is 12.4 Å². The van der Waals surface area contributed by atoms with Crippen LogP contribution in [-0.2, 0) is 11.2 Å². The molecule has 2 unspecified atom stereocenters. The second-order valence-corrected chi connectivity index (χ2v) is 7.26. The molecule has 5 nitrogen and oxygen atoms in total. The number of carbonyl (C=O) groups is 1. The van der Waals surface area contributed by atoms with Gasteiger partial charge in [0.1, 0.15) is 0 Å². The molecule has 2 atom stereocenters. The topological polar surface area (TPSA) is 48.5 Å². The van der Waals surface area contributed by atoms with E-state index in [1.807, 2.05) is 23.2 Å². The van der Waals surface area contributed by atoms with E-state index >= 15 is 0 Å². The summed E-state index contributed by atoms with van der Waals surface area (Å²) in [5.74, 6) is 0.195. The molecule has 3 heterocycles. The van der Waals surface area contributed by atoms with Crippen LogP contribution in [0.5, 0.6) is 0 Å². The maximum atomic E-state index is 13.3. The number of anilines is 1. The number of aryl methyl sites for hydroxylation is 1. The molecule has 2 aliphatic heterocycles. The first-order chi connectivity index (χ1) is 12.7. The molecular formula is C21H27ClN4O. The molecular weight excluding hydrogens is 360 g/mol. The summed E-state index contributed by atoms with van der Waals surface area (Å²) in [5, 5.41) is 3.45. The van der Waals surface area contributed by atoms with Crippen molar-refractivity contribution in [3.05, 3.63) is 59.9 Å². The van der Waals surface area contributed by atoms with E-state index in [0.29, 0.717) is 6.54 Å². The van der Waals surface area contributed by atoms with E-state index in [1.54, 1.807) is 6.20 Å². The zero-order valence-electron chi connectivity index (χ0n) is 15.7. The van der Waals surface area contributed by atoms with Crippen molar-refractivity contribution in [3.63, 3.8) is 0 Å². The van der Waals surface area contributed by atoms with E-state index < -0.39 is 0 Å². The highest BCUT2D eigenvalue weighted by Crippen LogP contribution is 2.31. The van der Waals surface area contributed by atoms with Crippen LogP contribution in [0.1, 0.15) is 30.5 Å². The maximum Gasteiger partial charge on any atom is 0.241 e. The average molecular weight is 387 g/mol. The predicted molar refractivity (Wildman–Crippen MR) is 110 cm³/mol. The Balaban J connectivity index is 0.00000210. The second kappa shape index (κ2) is 8.83. The first-order valence-corrected chi connectivity index (χ1v) is 9.48. The van der Waals surface area contributed by atoms with Gasteiger partial charge in [-0.15, -0.1) is 12.4 Å². The fraction of sp³-hybridized carbons (Fsp3) is 0.429. The number of piperazine rings is 1. The number of pyridine rings is 1. The molecule has 1 amide bonds. The Morgan fingerprint density at radius 1 is 1.26 bits per heavy atom. The van der Waals surface area contributed by atoms with Gasteiger partial charge in [-0.2, -0.15) is 0 Å². The summed E-state index contributed by atoms with van der Waals surface area (Å²) < 4.78 is 0. The molecule has 1 N–H and O–H groups in total. The quantitative estimate of drug-likeness (QED) is 0.881. The average Bonchev–Trinajstić information content (AvgIpc) is 2.69. The lowest BCUT2D eigenvalue weighted by molar-refractivity contribution is -0.121. The Labute approximate surface area is 167 Å². The van der Waals surface area contributed by atoms with Crippen molar-refractivity contribution in [3.8, 4) is 0 Å². The van der Waals surface area contributed by atoms with Gasteiger partial charge in [-0.3, -0.25) is 14.7 Å². The Hall–Kier alpha value is -1.95. The number of nitrogens with zero attached hydrogens (tertiary/aromatic N) is 3. The summed E-state index contributed by atoms with van der Waals surface area (Å²) in [4.78, 5) is 21.8. The Morgan fingerprint density at radius 3 is 2.93 bits per heavy atom. The van der Waals surface area contributed by atoms with Gasteiger partial charge in [0.05, 0.1) is 6.54 Å². The lowest BCUT2D eigenvalue weighted by Gasteiger charge is -2.40. The number of fused-ring (bicyclic) bond motifs is 1. The molecule has 1 aromatic carbocycles. The zero-order valence-corrected chi connectivity index (χ0v) is 16.5. The van der Waals surface area contributed by atoms with Crippen LogP contribution in [0, 0.1) is 0 Å². The van der Waals surface area contributed by atoms with Gasteiger partial charge in [-0.05, 0) is 43.0 Å². The molecule has 2 aliphatic rings. The summed E-state index contributed by atoms with van der Waals surface area (Å²) in [7, 11) is 0. The van der Waals surface area contributed by atoms with Gasteiger partial charge in [-0.1, -0.05) is 24.3 Å². The molecule has 144 valence electrons. The second-order valence-electron chi connectivity index (χ2n) is 7.26. The monoisotopic (exact) mass is 386 g/mol. The molecule has 4 rings (SSSR count). The number of hydrogen-bond donors (Lipinski definition) is 1. The summed E-state index contributed by atoms with van der Waals surface area (Å²) in [5.41, 5.74) is 3.53. The minimum Gasteiger partial charge on any atom is -0.314 e. The largest absolute Gasteiger partial charge is 0.314 e. The van der Waals surface area contributed by atoms with Gasteiger partial charge in [-0.25, -0.2) is 0 Å². The molecule has 0 bridgehead atoms. The van der Waals surface area contributed by atoms with Gasteiger partial charge in [0.15, 0.2) is 0 Å². The molecule has 6 heteroatoms. The van der Waals surface area contributed by atoms with Crippen LogP contribution in [0.25, 0.3) is 0 Å². The number of amides is 1. The van der Waals surface area contributed by atoms with Gasteiger partial charge >= 0.3 is 0 Å². The van der Waals surface area contributed by atoms with Crippen molar-refractivity contribution < 1.29 is 4.79 Å². The number of carbonyl (C=O) groups excluding carboxylic acids is 1. The smallest absolute Gasteiger partial charge is 0.241 e. The molecule has 0 spiro atoms. The van der Waals surface area contributed by atoms with Crippen LogP contribution in [0.4, 0.5) is 5.69 Å². The number of rotatable bonds is 3. The van der Waals surface area contributed by atoms with Crippen molar-refractivity contribution in [2.75, 3.05) is 31.1 Å². The van der Waals surface area contributed by atoms with E-state index in [2.05, 4.69) is 46.4 Å². The van der Waals surface area contributed by atoms with Gasteiger partial charge < -0.3 is 10.2 Å². The molecule has 1 aromatic heterocycles. The third-order valence-corrected chi connectivity index (χ3v) is 5.55. The van der Waals surface area contributed by atoms with E-state index in [4.69, 9.17) is 0 Å². The molecule has 0 saturated carbocycles. The van der Waals surface area contributed by atoms with Crippen LogP contribution in [0.15, 0.2) is 48.8 Å². The summed E-state index contributed by atoms with van der Waals surface area (Å²) in [6.45, 7) is 5.24. The highest BCUT2D eigenvalue weighted by atomic mass is 35.5. The van der Waals surface area contributed by atoms with Crippen molar-refractivity contribution in [2.45, 2.75) is 31.8 Å². The molecule has 0 radical (unpaired) electrons. The number of benzene rings is 1. The fourth-order valence-corrected chi connectivity index (χ4v) is 4.16. The highest BCUT2D eigenvalue weighted by Gasteiger charge is 2.32. The third-order valence-electron chi connectivity index (χ3n) is 5.55. The Morgan fingerprint density at radius 2 is 2.11 bits per heavy atom. The normalized spacial score (nSPS) is 22.6. The van der Waals surface area contributed by atoms with Crippen molar-refractivity contribution in [2.24, 2.45) is 0 Å². The van der Waals surface area contributed by atoms with Crippen LogP contribution < -0.4 is 10.2 Å². The van der Waals surface area contributed by atoms with E-state index in [-0.39, 0.29) is 30.4 Å². The fourth-order valence-electron chi connectivity index (χ4n) is 4.16. The molecule has 2 aromatic rings. The van der Waals surface area contributed by atoms with Gasteiger partial charge in [0, 0.05) is 49.8 Å². The minimum absolute atomic E-state index is 0. The number of nitrogens with one attached hydrogen (secondary N) is 1. The lowest BCUT2D eigenvalue weighted by atomic mass is 9.96. The number of halogens is 1. The molecule has 27 heavy (non-hydrogen) atoms. The Bertz CT molecular complexity index is 770. The third kappa shape index (κ3) is 4.15. The van der Waals surface area contributed by atoms with Crippen molar-refractivity contribution in [1.29, 1.82) is 0 Å². The van der Waals surface area contributed by atoms with Gasteiger partial charge in [0.25, 0.3) is 0 Å². The van der Waals surface area contributed by atoms with Gasteiger partial charge in [0.2, 0.25) is 5.91 Å². The molecule has 1 fully saturated rings. The van der Waals surface area contributed by atoms with E-state index in [0.717, 1.165) is 38.2 Å². The van der Waals surface area contributed by atoms with Crippen LogP contribution in [-0.4, -0.2) is 48.0 Å². The van der Waals surface area contributed by atoms with E-state index in [1.165, 1.54) is 11.1 Å². The SMILES string of the molecule is CC1CCc2ccccc2N1C(=O)CN1CCNCC1c1cccnc1.Cl. The summed E-state index contributed by atoms with van der Waals surface area (Å²) in [6, 6.07) is 12.8. The number of aromatic nitrogens is 1. The van der Waals surface area contributed by atoms with E-state index in [9.17, 15) is 4.79 Å². The Kier molecular flexibility index (Phi) is 6.47. The summed E-state index contributed by atoms with van der Waals surface area (Å²) in [6.07, 6.45) is 5.78. The molecule has 1 saturated heterocycles. The first kappa shape index (κ1) is 19.8.